The lowest BCUT2D eigenvalue weighted by Crippen LogP contribution is -2.55. The van der Waals surface area contributed by atoms with E-state index in [-0.39, 0.29) is 0 Å². The van der Waals surface area contributed by atoms with Crippen molar-refractivity contribution in [3.63, 3.8) is 0 Å². The molecule has 0 radical (unpaired) electrons. The second kappa shape index (κ2) is 6.85. The van der Waals surface area contributed by atoms with E-state index in [1.165, 1.54) is 0 Å². The number of hydrogen-bond donors (Lipinski definition) is 2. The molecule has 0 spiro atoms. The number of likely N-dealkylation sites (N-methyl/N-ethyl adjacent to an activating group) is 1. The maximum atomic E-state index is 10.7. The van der Waals surface area contributed by atoms with Crippen LogP contribution in [0.25, 0.3) is 0 Å². The van der Waals surface area contributed by atoms with E-state index >= 15 is 0 Å². The van der Waals surface area contributed by atoms with Gasteiger partial charge in [0.1, 0.15) is 6.61 Å². The first-order valence-corrected chi connectivity index (χ1v) is 5.84. The molecule has 0 unspecified atom stereocenters. The molecule has 3 N–H and O–H groups in total. The van der Waals surface area contributed by atoms with Crippen molar-refractivity contribution in [1.82, 2.24) is 4.90 Å². The third-order valence-corrected chi connectivity index (χ3v) is 2.67. The van der Waals surface area contributed by atoms with Gasteiger partial charge in [-0.2, -0.15) is 0 Å². The van der Waals surface area contributed by atoms with Crippen molar-refractivity contribution in [2.45, 2.75) is 13.8 Å². The Morgan fingerprint density at radius 1 is 1.35 bits per heavy atom. The predicted molar refractivity (Wildman–Crippen MR) is 68.1 cm³/mol. The van der Waals surface area contributed by atoms with Crippen LogP contribution in [-0.4, -0.2) is 31.1 Å². The van der Waals surface area contributed by atoms with Crippen molar-refractivity contribution in [3.05, 3.63) is 23.1 Å². The lowest BCUT2D eigenvalue weighted by atomic mass is 10.2. The third-order valence-electron chi connectivity index (χ3n) is 2.67. The summed E-state index contributed by atoms with van der Waals surface area (Å²) in [6.45, 7) is 7.60. The van der Waals surface area contributed by atoms with Gasteiger partial charge in [0.05, 0.1) is 0 Å². The molecule has 0 aliphatic rings. The number of ether oxygens (including phenoxy) is 1. The van der Waals surface area contributed by atoms with Crippen LogP contribution >= 0.6 is 0 Å². The van der Waals surface area contributed by atoms with E-state index in [1.807, 2.05) is 5.18 Å². The van der Waals surface area contributed by atoms with Crippen LogP contribution in [0.15, 0.2) is 18.2 Å². The lowest BCUT2D eigenvalue weighted by molar-refractivity contribution is -0.380. The van der Waals surface area contributed by atoms with E-state index in [1.54, 1.807) is 18.2 Å². The Bertz CT molecular complexity index is 365. The van der Waals surface area contributed by atoms with Crippen LogP contribution < -0.4 is 15.6 Å². The molecule has 0 fully saturated rings. The molecule has 17 heavy (non-hydrogen) atoms. The number of nitroso groups, excluding NO2 is 1. The standard InChI is InChI=1S/C12H19N3O2/c1-3-15(4-2)7-8-17-12-6-5-10(13)9-11(12)14-16/h5-6,9H,3-4,7-8,13H2,1-2H3/p+1. The average molecular weight is 238 g/mol. The molecule has 0 saturated carbocycles. The normalized spacial score (nSPS) is 10.5. The van der Waals surface area contributed by atoms with Crippen molar-refractivity contribution in [3.8, 4) is 5.75 Å². The minimum absolute atomic E-state index is 0.379. The molecule has 0 bridgehead atoms. The Hall–Kier alpha value is -1.62. The summed E-state index contributed by atoms with van der Waals surface area (Å²) in [6.07, 6.45) is 0. The third kappa shape index (κ3) is 4.03. The van der Waals surface area contributed by atoms with Crippen LogP contribution in [-0.2, 0) is 0 Å². The fraction of sp³-hybridized carbons (Fsp3) is 0.500. The fourth-order valence-electron chi connectivity index (χ4n) is 1.58. The van der Waals surface area contributed by atoms with E-state index in [2.05, 4.69) is 18.7 Å². The van der Waals surface area contributed by atoms with Crippen molar-refractivity contribution >= 4 is 11.4 Å². The van der Waals surface area contributed by atoms with Gasteiger partial charge in [-0.25, -0.2) is 0 Å². The zero-order valence-corrected chi connectivity index (χ0v) is 10.4. The Morgan fingerprint density at radius 2 is 2.06 bits per heavy atom. The fourth-order valence-corrected chi connectivity index (χ4v) is 1.58. The molecular formula is C12H20N3O2+. The molecular weight excluding hydrogens is 218 g/mol. The first-order valence-electron chi connectivity index (χ1n) is 5.84. The van der Waals surface area contributed by atoms with E-state index in [9.17, 15) is 4.91 Å². The molecule has 1 aromatic carbocycles. The average Bonchev–Trinajstić information content (AvgIpc) is 2.36. The molecule has 0 aromatic heterocycles. The summed E-state index contributed by atoms with van der Waals surface area (Å²) in [5.74, 6) is 0.543. The molecule has 0 aliphatic carbocycles. The van der Waals surface area contributed by atoms with E-state index in [4.69, 9.17) is 10.5 Å². The highest BCUT2D eigenvalue weighted by molar-refractivity contribution is 5.55. The largest absolute Gasteiger partial charge is 0.485 e. The number of benzene rings is 1. The highest BCUT2D eigenvalue weighted by atomic mass is 16.5. The molecule has 0 amide bonds. The van der Waals surface area contributed by atoms with Gasteiger partial charge >= 0.3 is 0 Å². The van der Waals surface area contributed by atoms with Gasteiger partial charge in [-0.15, -0.1) is 0 Å². The summed E-state index contributed by atoms with van der Waals surface area (Å²) >= 11 is 0. The molecule has 0 heterocycles. The minimum Gasteiger partial charge on any atom is -0.485 e. The number of rotatable bonds is 7. The zero-order valence-electron chi connectivity index (χ0n) is 10.4. The van der Waals surface area contributed by atoms with E-state index in [0.29, 0.717) is 23.7 Å². The van der Waals surface area contributed by atoms with Gasteiger partial charge in [0.15, 0.2) is 5.75 Å². The number of hydrogen-bond acceptors (Lipinski definition) is 4. The molecule has 5 heteroatoms. The number of nitrogen functional groups attached to an aromatic ring is 1. The summed E-state index contributed by atoms with van der Waals surface area (Å²) in [6, 6.07) is 4.99. The molecule has 1 rings (SSSR count). The molecule has 0 atom stereocenters. The van der Waals surface area contributed by atoms with E-state index < -0.39 is 0 Å². The number of nitrogens with one attached hydrogen (secondary N) is 1. The summed E-state index contributed by atoms with van der Waals surface area (Å²) in [5.41, 5.74) is 6.50. The number of anilines is 1. The molecule has 0 saturated heterocycles. The van der Waals surface area contributed by atoms with Gasteiger partial charge in [0.2, 0.25) is 0 Å². The maximum Gasteiger partial charge on any atom is 0.296 e. The monoisotopic (exact) mass is 238 g/mol. The minimum atomic E-state index is 0.379. The first-order chi connectivity index (χ1) is 8.21. The van der Waals surface area contributed by atoms with Crippen LogP contribution in [0.1, 0.15) is 13.8 Å². The molecule has 1 aromatic rings. The van der Waals surface area contributed by atoms with Crippen LogP contribution in [0.4, 0.5) is 11.4 Å². The summed E-state index contributed by atoms with van der Waals surface area (Å²) in [7, 11) is 0. The van der Waals surface area contributed by atoms with Gasteiger partial charge in [-0.1, -0.05) is 13.8 Å². The highest BCUT2D eigenvalue weighted by Gasteiger charge is 2.10. The quantitative estimate of drug-likeness (QED) is 0.677. The van der Waals surface area contributed by atoms with Gasteiger partial charge < -0.3 is 15.4 Å². The SMILES string of the molecule is CCN(CC)CCOc1ccc(N)cc1[NH+]=O. The lowest BCUT2D eigenvalue weighted by Gasteiger charge is -2.17. The second-order valence-electron chi connectivity index (χ2n) is 3.73. The second-order valence-corrected chi connectivity index (χ2v) is 3.73. The topological polar surface area (TPSA) is 69.5 Å². The molecule has 0 aliphatic heterocycles. The Kier molecular flexibility index (Phi) is 5.42. The highest BCUT2D eigenvalue weighted by Crippen LogP contribution is 2.22. The van der Waals surface area contributed by atoms with Crippen LogP contribution in [0, 0.1) is 4.91 Å². The summed E-state index contributed by atoms with van der Waals surface area (Å²) in [5, 5.41) is 1.83. The predicted octanol–water partition coefficient (Wildman–Crippen LogP) is 0.468. The zero-order chi connectivity index (χ0) is 12.7. The van der Waals surface area contributed by atoms with Gasteiger partial charge in [0.25, 0.3) is 5.69 Å². The van der Waals surface area contributed by atoms with Crippen molar-refractivity contribution in [2.75, 3.05) is 32.0 Å². The van der Waals surface area contributed by atoms with Crippen molar-refractivity contribution in [2.24, 2.45) is 0 Å². The van der Waals surface area contributed by atoms with Gasteiger partial charge in [0, 0.05) is 28.4 Å². The Morgan fingerprint density at radius 3 is 2.65 bits per heavy atom. The molecule has 5 nitrogen and oxygen atoms in total. The maximum absolute atomic E-state index is 10.7. The summed E-state index contributed by atoms with van der Waals surface area (Å²) in [4.78, 5) is 13.0. The van der Waals surface area contributed by atoms with Gasteiger partial charge in [-0.3, -0.25) is 0 Å². The number of nitrogens with two attached hydrogens (primary N) is 1. The van der Waals surface area contributed by atoms with Gasteiger partial charge in [-0.05, 0) is 25.2 Å². The summed E-state index contributed by atoms with van der Waals surface area (Å²) < 4.78 is 5.56. The molecule has 94 valence electrons. The Balaban J connectivity index is 2.54. The Labute approximate surface area is 102 Å². The smallest absolute Gasteiger partial charge is 0.296 e. The van der Waals surface area contributed by atoms with Crippen molar-refractivity contribution in [1.29, 1.82) is 0 Å². The van der Waals surface area contributed by atoms with Crippen molar-refractivity contribution < 1.29 is 9.91 Å². The van der Waals surface area contributed by atoms with Crippen LogP contribution in [0.5, 0.6) is 5.75 Å². The van der Waals surface area contributed by atoms with Crippen LogP contribution in [0.3, 0.4) is 0 Å². The van der Waals surface area contributed by atoms with Crippen LogP contribution in [0.2, 0.25) is 0 Å². The van der Waals surface area contributed by atoms with E-state index in [0.717, 1.165) is 19.6 Å². The first kappa shape index (κ1) is 13.4. The number of nitrogens with zero attached hydrogens (tertiary/aromatic N) is 1.